The third kappa shape index (κ3) is 2.82. The van der Waals surface area contributed by atoms with Gasteiger partial charge in [-0.1, -0.05) is 30.3 Å². The maximum atomic E-state index is 10.9. The predicted molar refractivity (Wildman–Crippen MR) is 65.1 cm³/mol. The Balaban J connectivity index is 2.66. The van der Waals surface area contributed by atoms with Gasteiger partial charge in [0.1, 0.15) is 5.75 Å². The van der Waals surface area contributed by atoms with E-state index < -0.39 is 15.9 Å². The molecule has 90 valence electrons. The highest BCUT2D eigenvalue weighted by Gasteiger charge is 2.11. The smallest absolute Gasteiger partial charge is 0.269 e. The summed E-state index contributed by atoms with van der Waals surface area (Å²) in [6, 6.07) is 10.6. The summed E-state index contributed by atoms with van der Waals surface area (Å²) >= 11 is 0. The van der Waals surface area contributed by atoms with Gasteiger partial charge in [0.2, 0.25) is 0 Å². The zero-order valence-corrected chi connectivity index (χ0v) is 9.81. The van der Waals surface area contributed by atoms with Gasteiger partial charge in [0, 0.05) is 0 Å². The maximum Gasteiger partial charge on any atom is 0.269 e. The zero-order valence-electron chi connectivity index (χ0n) is 9.00. The summed E-state index contributed by atoms with van der Waals surface area (Å²) < 4.78 is 30.8. The number of rotatable bonds is 3. The second kappa shape index (κ2) is 4.44. The molecule has 0 fully saturated rings. The lowest BCUT2D eigenvalue weighted by Gasteiger charge is -2.07. The molecule has 2 aromatic carbocycles. The highest BCUT2D eigenvalue weighted by molar-refractivity contribution is 7.85. The first-order chi connectivity index (χ1) is 7.99. The average Bonchev–Trinajstić information content (AvgIpc) is 2.26. The van der Waals surface area contributed by atoms with E-state index >= 15 is 0 Å². The molecule has 0 spiro atoms. The first kappa shape index (κ1) is 12.0. The lowest BCUT2D eigenvalue weighted by Crippen LogP contribution is -2.03. The Kier molecular flexibility index (Phi) is 3.15. The van der Waals surface area contributed by atoms with Gasteiger partial charge >= 0.3 is 0 Å². The highest BCUT2D eigenvalue weighted by atomic mass is 32.2. The summed E-state index contributed by atoms with van der Waals surface area (Å²) in [5.41, 5.74) is 1.12. The van der Waals surface area contributed by atoms with Crippen molar-refractivity contribution in [1.82, 2.24) is 0 Å². The summed E-state index contributed by atoms with van der Waals surface area (Å²) in [4.78, 5) is 0. The van der Waals surface area contributed by atoms with E-state index in [2.05, 4.69) is 0 Å². The van der Waals surface area contributed by atoms with Crippen molar-refractivity contribution in [1.29, 1.82) is 0 Å². The molecule has 0 heterocycles. The first-order valence-electron chi connectivity index (χ1n) is 5.06. The van der Waals surface area contributed by atoms with E-state index in [1.54, 1.807) is 24.3 Å². The van der Waals surface area contributed by atoms with E-state index in [0.29, 0.717) is 11.1 Å². The molecule has 17 heavy (non-hydrogen) atoms. The van der Waals surface area contributed by atoms with E-state index in [4.69, 9.17) is 9.66 Å². The van der Waals surface area contributed by atoms with Crippen LogP contribution in [0, 0.1) is 0 Å². The summed E-state index contributed by atoms with van der Waals surface area (Å²) in [6.45, 7) is -0.163. The Bertz CT molecular complexity index is 647. The molecule has 0 saturated heterocycles. The topological polar surface area (TPSA) is 74.6 Å². The molecule has 2 N–H and O–H groups in total. The Morgan fingerprint density at radius 3 is 2.47 bits per heavy atom. The van der Waals surface area contributed by atoms with Gasteiger partial charge < -0.3 is 5.11 Å². The average molecular weight is 252 g/mol. The third-order valence-electron chi connectivity index (χ3n) is 2.53. The van der Waals surface area contributed by atoms with Gasteiger partial charge in [0.15, 0.2) is 0 Å². The molecule has 0 bridgehead atoms. The highest BCUT2D eigenvalue weighted by Crippen LogP contribution is 2.22. The van der Waals surface area contributed by atoms with Crippen molar-refractivity contribution in [3.8, 4) is 0 Å². The van der Waals surface area contributed by atoms with Crippen molar-refractivity contribution in [2.45, 2.75) is 12.4 Å². The SMILES string of the molecule is O=S(=O)(O)Cc1cc(CO)cc2ccccc12. The van der Waals surface area contributed by atoms with Crippen molar-refractivity contribution >= 4 is 20.9 Å². The molecule has 5 heteroatoms. The minimum Gasteiger partial charge on any atom is -0.392 e. The summed E-state index contributed by atoms with van der Waals surface area (Å²) in [5.74, 6) is -0.443. The fraction of sp³-hybridized carbons (Fsp3) is 0.167. The molecule has 0 amide bonds. The van der Waals surface area contributed by atoms with Crippen LogP contribution in [0.2, 0.25) is 0 Å². The van der Waals surface area contributed by atoms with Crippen LogP contribution >= 0.6 is 0 Å². The molecule has 2 aromatic rings. The van der Waals surface area contributed by atoms with Gasteiger partial charge in [0.25, 0.3) is 10.1 Å². The number of benzene rings is 2. The molecule has 0 aliphatic carbocycles. The largest absolute Gasteiger partial charge is 0.392 e. The summed E-state index contributed by atoms with van der Waals surface area (Å²) in [7, 11) is -4.08. The lowest BCUT2D eigenvalue weighted by atomic mass is 10.0. The Hall–Kier alpha value is -1.43. The van der Waals surface area contributed by atoms with Gasteiger partial charge in [0.05, 0.1) is 6.61 Å². The van der Waals surface area contributed by atoms with E-state index in [-0.39, 0.29) is 6.61 Å². The minimum atomic E-state index is -4.08. The molecule has 0 radical (unpaired) electrons. The Morgan fingerprint density at radius 1 is 1.12 bits per heavy atom. The molecule has 0 aromatic heterocycles. The first-order valence-corrected chi connectivity index (χ1v) is 6.67. The normalized spacial score (nSPS) is 11.9. The van der Waals surface area contributed by atoms with Gasteiger partial charge in [-0.3, -0.25) is 4.55 Å². The van der Waals surface area contributed by atoms with E-state index in [0.717, 1.165) is 10.8 Å². The Morgan fingerprint density at radius 2 is 1.82 bits per heavy atom. The quantitative estimate of drug-likeness (QED) is 0.816. The van der Waals surface area contributed by atoms with Crippen LogP contribution in [0.1, 0.15) is 11.1 Å². The van der Waals surface area contributed by atoms with Crippen LogP contribution in [-0.2, 0) is 22.5 Å². The van der Waals surface area contributed by atoms with Crippen LogP contribution in [0.3, 0.4) is 0 Å². The van der Waals surface area contributed by atoms with Crippen molar-refractivity contribution < 1.29 is 18.1 Å². The van der Waals surface area contributed by atoms with Crippen molar-refractivity contribution in [3.05, 3.63) is 47.5 Å². The van der Waals surface area contributed by atoms with Crippen LogP contribution in [0.25, 0.3) is 10.8 Å². The maximum absolute atomic E-state index is 10.9. The van der Waals surface area contributed by atoms with Crippen LogP contribution < -0.4 is 0 Å². The summed E-state index contributed by atoms with van der Waals surface area (Å²) in [6.07, 6.45) is 0. The molecule has 0 aliphatic heterocycles. The second-order valence-corrected chi connectivity index (χ2v) is 5.31. The van der Waals surface area contributed by atoms with E-state index in [9.17, 15) is 8.42 Å². The standard InChI is InChI=1S/C12H12O4S/c13-7-9-5-10-3-1-2-4-12(10)11(6-9)8-17(14,15)16/h1-6,13H,7-8H2,(H,14,15,16). The Labute approximate surface area is 99.3 Å². The van der Waals surface area contributed by atoms with Crippen LogP contribution in [0.15, 0.2) is 36.4 Å². The third-order valence-corrected chi connectivity index (χ3v) is 3.20. The van der Waals surface area contributed by atoms with Gasteiger partial charge in [-0.2, -0.15) is 8.42 Å². The minimum absolute atomic E-state index is 0.163. The van der Waals surface area contributed by atoms with Crippen LogP contribution in [0.4, 0.5) is 0 Å². The van der Waals surface area contributed by atoms with Gasteiger partial charge in [-0.25, -0.2) is 0 Å². The van der Waals surface area contributed by atoms with E-state index in [1.807, 2.05) is 12.1 Å². The van der Waals surface area contributed by atoms with Crippen molar-refractivity contribution in [2.24, 2.45) is 0 Å². The molecule has 0 atom stereocenters. The molecular formula is C12H12O4S. The molecule has 0 unspecified atom stereocenters. The fourth-order valence-electron chi connectivity index (χ4n) is 1.87. The number of aliphatic hydroxyl groups excluding tert-OH is 1. The van der Waals surface area contributed by atoms with Gasteiger partial charge in [-0.05, 0) is 28.0 Å². The number of hydrogen-bond donors (Lipinski definition) is 2. The monoisotopic (exact) mass is 252 g/mol. The van der Waals surface area contributed by atoms with Crippen LogP contribution in [-0.4, -0.2) is 18.1 Å². The molecule has 0 saturated carbocycles. The number of aliphatic hydroxyl groups is 1. The second-order valence-electron chi connectivity index (χ2n) is 3.86. The van der Waals surface area contributed by atoms with Crippen LogP contribution in [0.5, 0.6) is 0 Å². The van der Waals surface area contributed by atoms with E-state index in [1.165, 1.54) is 0 Å². The van der Waals surface area contributed by atoms with Crippen molar-refractivity contribution in [2.75, 3.05) is 0 Å². The zero-order chi connectivity index (χ0) is 12.5. The molecular weight excluding hydrogens is 240 g/mol. The molecule has 2 rings (SSSR count). The van der Waals surface area contributed by atoms with Crippen molar-refractivity contribution in [3.63, 3.8) is 0 Å². The number of fused-ring (bicyclic) bond motifs is 1. The lowest BCUT2D eigenvalue weighted by molar-refractivity contribution is 0.282. The summed E-state index contributed by atoms with van der Waals surface area (Å²) in [5, 5.41) is 10.7. The molecule has 4 nitrogen and oxygen atoms in total. The fourth-order valence-corrected chi connectivity index (χ4v) is 2.50. The predicted octanol–water partition coefficient (Wildman–Crippen LogP) is 1.72. The van der Waals surface area contributed by atoms with Gasteiger partial charge in [-0.15, -0.1) is 0 Å². The number of hydrogen-bond acceptors (Lipinski definition) is 3. The molecule has 0 aliphatic rings.